The molecule has 0 saturated carbocycles. The van der Waals surface area contributed by atoms with Gasteiger partial charge in [-0.05, 0) is 132 Å². The molecule has 62 heavy (non-hydrogen) atoms. The highest BCUT2D eigenvalue weighted by atomic mass is 16.4. The maximum absolute atomic E-state index is 6.05. The molecule has 6 aromatic heterocycles. The van der Waals surface area contributed by atoms with E-state index < -0.39 is 0 Å². The van der Waals surface area contributed by atoms with Gasteiger partial charge in [-0.1, -0.05) is 48.5 Å². The van der Waals surface area contributed by atoms with Gasteiger partial charge < -0.3 is 27.5 Å². The van der Waals surface area contributed by atoms with Crippen LogP contribution in [0.5, 0.6) is 0 Å². The van der Waals surface area contributed by atoms with E-state index in [9.17, 15) is 0 Å². The van der Waals surface area contributed by atoms with Crippen LogP contribution in [0.1, 0.15) is 0 Å². The van der Waals surface area contributed by atoms with E-state index in [2.05, 4.69) is 115 Å². The van der Waals surface area contributed by atoms with Crippen molar-refractivity contribution in [3.05, 3.63) is 195 Å². The lowest BCUT2D eigenvalue weighted by Crippen LogP contribution is -2.09. The van der Waals surface area contributed by atoms with Gasteiger partial charge in [-0.25, -0.2) is 19.9 Å². The van der Waals surface area contributed by atoms with Crippen molar-refractivity contribution >= 4 is 78.5 Å². The number of nitrogens with zero attached hydrogens (tertiary/aromatic N) is 6. The maximum atomic E-state index is 6.05. The Balaban J connectivity index is 0.872. The summed E-state index contributed by atoms with van der Waals surface area (Å²) in [6.07, 6.45) is 7.03. The maximum Gasteiger partial charge on any atom is 0.247 e. The van der Waals surface area contributed by atoms with E-state index in [0.29, 0.717) is 23.2 Å². The first-order valence-electron chi connectivity index (χ1n) is 20.1. The van der Waals surface area contributed by atoms with E-state index in [0.717, 1.165) is 89.4 Å². The highest BCUT2D eigenvalue weighted by Crippen LogP contribution is 2.43. The molecule has 0 amide bonds. The molecule has 0 N–H and O–H groups in total. The Morgan fingerprint density at radius 2 is 0.726 bits per heavy atom. The fourth-order valence-corrected chi connectivity index (χ4v) is 8.03. The SMILES string of the molecule is c1cnc2oc(-c3ccc(N(c4ccc(-c5ccc(N(c6ccc(-c7nc8cccnc8o7)cc6)c6coc7ccccc67)cc5)cc4)c4coc5ccccc45)cc3)nc2c1. The molecule has 12 aromatic rings. The second-order valence-corrected chi connectivity index (χ2v) is 14.8. The Morgan fingerprint density at radius 3 is 1.11 bits per heavy atom. The average molecular weight is 805 g/mol. The molecule has 0 bridgehead atoms. The van der Waals surface area contributed by atoms with Gasteiger partial charge in [0.15, 0.2) is 0 Å². The van der Waals surface area contributed by atoms with Crippen LogP contribution < -0.4 is 9.80 Å². The van der Waals surface area contributed by atoms with Gasteiger partial charge in [0.1, 0.15) is 34.7 Å². The summed E-state index contributed by atoms with van der Waals surface area (Å²) in [5, 5.41) is 2.02. The molecule has 0 aliphatic heterocycles. The zero-order chi connectivity index (χ0) is 41.0. The van der Waals surface area contributed by atoms with Crippen LogP contribution in [-0.4, -0.2) is 19.9 Å². The first-order valence-corrected chi connectivity index (χ1v) is 20.1. The van der Waals surface area contributed by atoms with Crippen LogP contribution in [0.25, 0.3) is 78.4 Å². The van der Waals surface area contributed by atoms with Gasteiger partial charge in [0.2, 0.25) is 23.2 Å². The van der Waals surface area contributed by atoms with Crippen molar-refractivity contribution in [3.8, 4) is 34.0 Å². The molecule has 6 heterocycles. The quantitative estimate of drug-likeness (QED) is 0.140. The lowest BCUT2D eigenvalue weighted by Gasteiger charge is -2.25. The Kier molecular flexibility index (Phi) is 8.24. The number of aromatic nitrogens is 4. The summed E-state index contributed by atoms with van der Waals surface area (Å²) >= 11 is 0. The second kappa shape index (κ2) is 14.5. The van der Waals surface area contributed by atoms with Crippen molar-refractivity contribution in [2.24, 2.45) is 0 Å². The number of hydrogen-bond donors (Lipinski definition) is 0. The van der Waals surface area contributed by atoms with Crippen molar-refractivity contribution in [1.82, 2.24) is 19.9 Å². The Bertz CT molecular complexity index is 3230. The Morgan fingerprint density at radius 1 is 0.355 bits per heavy atom. The molecular formula is C52H32N6O4. The van der Waals surface area contributed by atoms with E-state index >= 15 is 0 Å². The van der Waals surface area contributed by atoms with Gasteiger partial charge in [-0.2, -0.15) is 0 Å². The zero-order valence-electron chi connectivity index (χ0n) is 32.8. The van der Waals surface area contributed by atoms with Crippen LogP contribution in [0.3, 0.4) is 0 Å². The summed E-state index contributed by atoms with van der Waals surface area (Å²) in [6, 6.07) is 57.2. The van der Waals surface area contributed by atoms with Crippen LogP contribution >= 0.6 is 0 Å². The number of benzene rings is 6. The molecule has 0 spiro atoms. The van der Waals surface area contributed by atoms with E-state index in [1.54, 1.807) is 12.4 Å². The van der Waals surface area contributed by atoms with Gasteiger partial charge in [-0.15, -0.1) is 0 Å². The van der Waals surface area contributed by atoms with Gasteiger partial charge in [0, 0.05) is 57.0 Å². The number of pyridine rings is 2. The molecular weight excluding hydrogens is 773 g/mol. The predicted molar refractivity (Wildman–Crippen MR) is 242 cm³/mol. The first-order chi connectivity index (χ1) is 30.7. The summed E-state index contributed by atoms with van der Waals surface area (Å²) in [7, 11) is 0. The van der Waals surface area contributed by atoms with Gasteiger partial charge in [0.25, 0.3) is 0 Å². The van der Waals surface area contributed by atoms with E-state index in [1.165, 1.54) is 0 Å². The van der Waals surface area contributed by atoms with Crippen LogP contribution in [-0.2, 0) is 0 Å². The molecule has 6 aromatic carbocycles. The van der Waals surface area contributed by atoms with Crippen molar-refractivity contribution in [3.63, 3.8) is 0 Å². The summed E-state index contributed by atoms with van der Waals surface area (Å²) in [5.74, 6) is 1.05. The third-order valence-electron chi connectivity index (χ3n) is 11.1. The minimum atomic E-state index is 0.512. The molecule has 0 aliphatic rings. The molecule has 10 heteroatoms. The van der Waals surface area contributed by atoms with Gasteiger partial charge in [0.05, 0.1) is 11.4 Å². The van der Waals surface area contributed by atoms with Crippen LogP contribution in [0, 0.1) is 0 Å². The highest BCUT2D eigenvalue weighted by molar-refractivity contribution is 5.98. The van der Waals surface area contributed by atoms with E-state index in [-0.39, 0.29) is 0 Å². The van der Waals surface area contributed by atoms with Crippen molar-refractivity contribution in [2.45, 2.75) is 0 Å². The summed E-state index contributed by atoms with van der Waals surface area (Å²) in [5.41, 5.74) is 13.7. The predicted octanol–water partition coefficient (Wildman–Crippen LogP) is 14.2. The van der Waals surface area contributed by atoms with Crippen LogP contribution in [0.15, 0.2) is 212 Å². The normalized spacial score (nSPS) is 11.5. The largest absolute Gasteiger partial charge is 0.462 e. The number of fused-ring (bicyclic) bond motifs is 4. The highest BCUT2D eigenvalue weighted by Gasteiger charge is 2.21. The van der Waals surface area contributed by atoms with Crippen molar-refractivity contribution < 1.29 is 17.7 Å². The lowest BCUT2D eigenvalue weighted by molar-refractivity contribution is 0.607. The molecule has 12 rings (SSSR count). The fraction of sp³-hybridized carbons (Fsp3) is 0. The molecule has 0 unspecified atom stereocenters. The molecule has 10 nitrogen and oxygen atoms in total. The number of rotatable bonds is 9. The number of furan rings is 2. The Hall–Kier alpha value is -8.76. The smallest absolute Gasteiger partial charge is 0.247 e. The Labute approximate surface area is 353 Å². The van der Waals surface area contributed by atoms with Gasteiger partial charge >= 0.3 is 0 Å². The van der Waals surface area contributed by atoms with E-state index in [4.69, 9.17) is 17.7 Å². The van der Waals surface area contributed by atoms with Crippen LogP contribution in [0.4, 0.5) is 34.1 Å². The van der Waals surface area contributed by atoms with E-state index in [1.807, 2.05) is 97.5 Å². The topological polar surface area (TPSA) is 111 Å². The third-order valence-corrected chi connectivity index (χ3v) is 11.1. The molecule has 0 aliphatic carbocycles. The molecule has 0 fully saturated rings. The summed E-state index contributed by atoms with van der Waals surface area (Å²) in [6.45, 7) is 0. The second-order valence-electron chi connectivity index (χ2n) is 14.8. The summed E-state index contributed by atoms with van der Waals surface area (Å²) < 4.78 is 24.0. The number of para-hydroxylation sites is 2. The average Bonchev–Trinajstić information content (AvgIpc) is 4.16. The minimum Gasteiger partial charge on any atom is -0.462 e. The third kappa shape index (κ3) is 6.13. The van der Waals surface area contributed by atoms with Crippen molar-refractivity contribution in [1.29, 1.82) is 0 Å². The van der Waals surface area contributed by atoms with Gasteiger partial charge in [-0.3, -0.25) is 0 Å². The standard InChI is InChI=1S/C52H32N6O4/c1-3-11-47-41(7-1)45(31-59-47)57(39-25-17-35(18-26-39)49-55-43-9-5-29-53-51(43)61-49)37-21-13-33(14-22-37)34-15-23-38(24-16-34)58(46-32-60-48-12-4-2-8-42(46)48)40-27-19-36(20-28-40)50-56-44-10-6-30-54-52(44)62-50/h1-32H. The lowest BCUT2D eigenvalue weighted by atomic mass is 10.0. The zero-order valence-corrected chi connectivity index (χ0v) is 32.8. The first kappa shape index (κ1) is 35.2. The number of hydrogen-bond acceptors (Lipinski definition) is 10. The summed E-state index contributed by atoms with van der Waals surface area (Å²) in [4.78, 5) is 22.3. The molecule has 294 valence electrons. The van der Waals surface area contributed by atoms with Crippen molar-refractivity contribution in [2.75, 3.05) is 9.80 Å². The fourth-order valence-electron chi connectivity index (χ4n) is 8.03. The van der Waals surface area contributed by atoms with Crippen LogP contribution in [0.2, 0.25) is 0 Å². The molecule has 0 atom stereocenters. The number of oxazole rings is 2. The number of anilines is 6. The monoisotopic (exact) mass is 804 g/mol. The molecule has 0 saturated heterocycles. The molecule has 0 radical (unpaired) electrons. The minimum absolute atomic E-state index is 0.512.